The molecule has 0 unspecified atom stereocenters. The van der Waals surface area contributed by atoms with Crippen LogP contribution in [0.15, 0.2) is 85.1 Å². The standard InChI is InChI=1S/C31H29N3O2/c32-19-21-9-15-24(16-10-21)34-31(36)29(20-35)27-6-2-1-5-25(27)22-11-13-23(14-12-22)26-17-18-33-30-8-4-3-7-28(26)30/h1-10,15-18,22-23,29,35H,11-14,20H2,(H,34,36)/t22-,23+,29-/m0/s1. The fraction of sp³-hybridized carbons (Fsp3) is 0.258. The van der Waals surface area contributed by atoms with Crippen LogP contribution in [0, 0.1) is 11.3 Å². The van der Waals surface area contributed by atoms with Crippen molar-refractivity contribution >= 4 is 22.5 Å². The van der Waals surface area contributed by atoms with Gasteiger partial charge in [-0.3, -0.25) is 9.78 Å². The highest BCUT2D eigenvalue weighted by atomic mass is 16.3. The van der Waals surface area contributed by atoms with E-state index < -0.39 is 5.92 Å². The molecule has 0 bridgehead atoms. The maximum atomic E-state index is 13.2. The van der Waals surface area contributed by atoms with Crippen molar-refractivity contribution in [3.05, 3.63) is 107 Å². The molecule has 1 aromatic heterocycles. The third kappa shape index (κ3) is 4.86. The molecule has 36 heavy (non-hydrogen) atoms. The number of anilines is 1. The van der Waals surface area contributed by atoms with Crippen LogP contribution in [0.25, 0.3) is 10.9 Å². The highest BCUT2D eigenvalue weighted by molar-refractivity contribution is 5.96. The summed E-state index contributed by atoms with van der Waals surface area (Å²) in [6.45, 7) is -0.266. The number of benzene rings is 3. The summed E-state index contributed by atoms with van der Waals surface area (Å²) in [5, 5.41) is 23.4. The van der Waals surface area contributed by atoms with Crippen LogP contribution in [0.4, 0.5) is 5.69 Å². The first-order valence-electron chi connectivity index (χ1n) is 12.5. The number of nitrogens with zero attached hydrogens (tertiary/aromatic N) is 2. The third-order valence-electron chi connectivity index (χ3n) is 7.44. The molecule has 1 amide bonds. The summed E-state index contributed by atoms with van der Waals surface area (Å²) in [6, 6.07) is 27.4. The first kappa shape index (κ1) is 23.7. The van der Waals surface area contributed by atoms with Gasteiger partial charge in [-0.15, -0.1) is 0 Å². The molecule has 0 saturated heterocycles. The second kappa shape index (κ2) is 10.7. The number of aliphatic hydroxyl groups is 1. The molecular weight excluding hydrogens is 446 g/mol. The third-order valence-corrected chi connectivity index (χ3v) is 7.44. The number of rotatable bonds is 6. The second-order valence-corrected chi connectivity index (χ2v) is 9.51. The van der Waals surface area contributed by atoms with E-state index in [4.69, 9.17) is 5.26 Å². The molecule has 0 aliphatic heterocycles. The van der Waals surface area contributed by atoms with Gasteiger partial charge in [0.25, 0.3) is 0 Å². The molecule has 2 N–H and O–H groups in total. The SMILES string of the molecule is N#Cc1ccc(NC(=O)[C@@H](CO)c2ccccc2[C@H]2CC[C@@H](c3ccnc4ccccc43)CC2)cc1. The number of amides is 1. The maximum absolute atomic E-state index is 13.2. The van der Waals surface area contributed by atoms with Gasteiger partial charge in [0.2, 0.25) is 5.91 Å². The number of nitrogens with one attached hydrogen (secondary N) is 1. The Kier molecular flexibility index (Phi) is 7.06. The van der Waals surface area contributed by atoms with Crippen molar-refractivity contribution in [1.82, 2.24) is 4.98 Å². The molecule has 180 valence electrons. The molecule has 1 saturated carbocycles. The molecule has 5 heteroatoms. The lowest BCUT2D eigenvalue weighted by Crippen LogP contribution is -2.26. The number of fused-ring (bicyclic) bond motifs is 1. The molecule has 5 nitrogen and oxygen atoms in total. The average molecular weight is 476 g/mol. The van der Waals surface area contributed by atoms with E-state index in [1.54, 1.807) is 24.3 Å². The molecule has 1 atom stereocenters. The Labute approximate surface area is 211 Å². The number of aromatic nitrogens is 1. The first-order chi connectivity index (χ1) is 17.7. The predicted molar refractivity (Wildman–Crippen MR) is 142 cm³/mol. The number of nitriles is 1. The second-order valence-electron chi connectivity index (χ2n) is 9.51. The highest BCUT2D eigenvalue weighted by Crippen LogP contribution is 2.43. The highest BCUT2D eigenvalue weighted by Gasteiger charge is 2.29. The minimum absolute atomic E-state index is 0.244. The van der Waals surface area contributed by atoms with Crippen molar-refractivity contribution in [1.29, 1.82) is 5.26 Å². The zero-order chi connectivity index (χ0) is 24.9. The van der Waals surface area contributed by atoms with E-state index in [0.717, 1.165) is 42.3 Å². The number of hydrogen-bond donors (Lipinski definition) is 2. The van der Waals surface area contributed by atoms with Gasteiger partial charge < -0.3 is 10.4 Å². The van der Waals surface area contributed by atoms with Gasteiger partial charge in [-0.2, -0.15) is 5.26 Å². The van der Waals surface area contributed by atoms with Gasteiger partial charge >= 0.3 is 0 Å². The zero-order valence-corrected chi connectivity index (χ0v) is 20.1. The van der Waals surface area contributed by atoms with Gasteiger partial charge in [-0.05, 0) is 90.6 Å². The Balaban J connectivity index is 1.33. The lowest BCUT2D eigenvalue weighted by Gasteiger charge is -2.31. The van der Waals surface area contributed by atoms with Gasteiger partial charge in [-0.25, -0.2) is 0 Å². The number of hydrogen-bond acceptors (Lipinski definition) is 4. The van der Waals surface area contributed by atoms with E-state index >= 15 is 0 Å². The van der Waals surface area contributed by atoms with Crippen molar-refractivity contribution in [2.45, 2.75) is 43.4 Å². The van der Waals surface area contributed by atoms with Crippen LogP contribution in [0.5, 0.6) is 0 Å². The van der Waals surface area contributed by atoms with Crippen LogP contribution >= 0.6 is 0 Å². The van der Waals surface area contributed by atoms with Crippen LogP contribution < -0.4 is 5.32 Å². The summed E-state index contributed by atoms with van der Waals surface area (Å²) in [7, 11) is 0. The molecule has 0 spiro atoms. The average Bonchev–Trinajstić information content (AvgIpc) is 2.94. The molecule has 1 fully saturated rings. The molecule has 1 heterocycles. The van der Waals surface area contributed by atoms with Gasteiger partial charge in [0, 0.05) is 17.3 Å². The van der Waals surface area contributed by atoms with Crippen molar-refractivity contribution in [2.75, 3.05) is 11.9 Å². The summed E-state index contributed by atoms with van der Waals surface area (Å²) in [4.78, 5) is 17.7. The Morgan fingerprint density at radius 3 is 2.31 bits per heavy atom. The van der Waals surface area contributed by atoms with Gasteiger partial charge in [0.15, 0.2) is 0 Å². The monoisotopic (exact) mass is 475 g/mol. The smallest absolute Gasteiger partial charge is 0.234 e. The van der Waals surface area contributed by atoms with Gasteiger partial charge in [0.05, 0.1) is 29.7 Å². The lowest BCUT2D eigenvalue weighted by molar-refractivity contribution is -0.118. The molecule has 3 aromatic carbocycles. The van der Waals surface area contributed by atoms with E-state index in [0.29, 0.717) is 23.1 Å². The summed E-state index contributed by atoms with van der Waals surface area (Å²) in [5.74, 6) is -0.0535. The number of carbonyl (C=O) groups is 1. The number of aliphatic hydroxyl groups excluding tert-OH is 1. The fourth-order valence-electron chi connectivity index (χ4n) is 5.57. The van der Waals surface area contributed by atoms with Crippen LogP contribution in [-0.4, -0.2) is 22.6 Å². The van der Waals surface area contributed by atoms with E-state index in [2.05, 4.69) is 46.7 Å². The largest absolute Gasteiger partial charge is 0.395 e. The number of pyridine rings is 1. The predicted octanol–water partition coefficient (Wildman–Crippen LogP) is 6.26. The van der Waals surface area contributed by atoms with Crippen LogP contribution in [0.3, 0.4) is 0 Å². The quantitative estimate of drug-likeness (QED) is 0.344. The van der Waals surface area contributed by atoms with Crippen molar-refractivity contribution in [3.8, 4) is 6.07 Å². The normalized spacial score (nSPS) is 18.3. The van der Waals surface area contributed by atoms with Crippen molar-refractivity contribution in [3.63, 3.8) is 0 Å². The van der Waals surface area contributed by atoms with Crippen molar-refractivity contribution in [2.24, 2.45) is 0 Å². The number of carbonyl (C=O) groups excluding carboxylic acids is 1. The lowest BCUT2D eigenvalue weighted by atomic mass is 9.73. The van der Waals surface area contributed by atoms with Crippen molar-refractivity contribution < 1.29 is 9.90 Å². The minimum Gasteiger partial charge on any atom is -0.395 e. The van der Waals surface area contributed by atoms with Crippen LogP contribution in [0.1, 0.15) is 65.7 Å². The van der Waals surface area contributed by atoms with Gasteiger partial charge in [-0.1, -0.05) is 42.5 Å². The zero-order valence-electron chi connectivity index (χ0n) is 20.1. The first-order valence-corrected chi connectivity index (χ1v) is 12.5. The molecule has 4 aromatic rings. The molecule has 1 aliphatic rings. The summed E-state index contributed by atoms with van der Waals surface area (Å²) in [5.41, 5.74) is 5.62. The Morgan fingerprint density at radius 1 is 0.917 bits per heavy atom. The summed E-state index contributed by atoms with van der Waals surface area (Å²) >= 11 is 0. The minimum atomic E-state index is -0.654. The Hall–Kier alpha value is -4.01. The van der Waals surface area contributed by atoms with E-state index in [9.17, 15) is 9.90 Å². The topological polar surface area (TPSA) is 86.0 Å². The van der Waals surface area contributed by atoms with E-state index in [1.807, 2.05) is 30.5 Å². The molecular formula is C31H29N3O2. The molecule has 5 rings (SSSR count). The summed E-state index contributed by atoms with van der Waals surface area (Å²) < 4.78 is 0. The Morgan fingerprint density at radius 2 is 1.58 bits per heavy atom. The van der Waals surface area contributed by atoms with E-state index in [1.165, 1.54) is 10.9 Å². The van der Waals surface area contributed by atoms with Crippen LogP contribution in [-0.2, 0) is 4.79 Å². The maximum Gasteiger partial charge on any atom is 0.234 e. The molecule has 0 radical (unpaired) electrons. The fourth-order valence-corrected chi connectivity index (χ4v) is 5.57. The van der Waals surface area contributed by atoms with Crippen LogP contribution in [0.2, 0.25) is 0 Å². The molecule has 1 aliphatic carbocycles. The van der Waals surface area contributed by atoms with Gasteiger partial charge in [0.1, 0.15) is 0 Å². The number of para-hydroxylation sites is 1. The summed E-state index contributed by atoms with van der Waals surface area (Å²) in [6.07, 6.45) is 6.14. The Bertz CT molecular complexity index is 1390. The van der Waals surface area contributed by atoms with E-state index in [-0.39, 0.29) is 12.5 Å².